The number of carbonyl (C=O) groups is 2. The molecule has 0 aromatic heterocycles. The second-order valence-electron chi connectivity index (χ2n) is 12.7. The van der Waals surface area contributed by atoms with Gasteiger partial charge in [0.15, 0.2) is 0 Å². The van der Waals surface area contributed by atoms with Gasteiger partial charge in [0.25, 0.3) is 0 Å². The number of hydrogen-bond acceptors (Lipinski definition) is 4. The van der Waals surface area contributed by atoms with Gasteiger partial charge < -0.3 is 20.5 Å². The third-order valence-corrected chi connectivity index (χ3v) is 11.5. The lowest BCUT2D eigenvalue weighted by atomic mass is 9.52. The molecule has 43 heavy (non-hydrogen) atoms. The average Bonchev–Trinajstić information content (AvgIpc) is 3.74. The molecule has 4 unspecified atom stereocenters. The van der Waals surface area contributed by atoms with Gasteiger partial charge in [-0.15, -0.1) is 0 Å². The molecule has 4 aliphatic rings. The Morgan fingerprint density at radius 1 is 0.581 bits per heavy atom. The smallest absolute Gasteiger partial charge is 0.307 e. The van der Waals surface area contributed by atoms with Gasteiger partial charge in [-0.3, -0.25) is 9.59 Å². The van der Waals surface area contributed by atoms with Crippen molar-refractivity contribution in [2.75, 3.05) is 0 Å². The van der Waals surface area contributed by atoms with E-state index in [-0.39, 0.29) is 11.8 Å². The molecule has 0 radical (unpaired) electrons. The second-order valence-corrected chi connectivity index (χ2v) is 12.7. The minimum Gasteiger partial charge on any atom is -0.783 e. The normalized spacial score (nSPS) is 33.6. The predicted molar refractivity (Wildman–Crippen MR) is 162 cm³/mol. The average molecular weight is 567 g/mol. The maximum Gasteiger partial charge on any atom is 0.307 e. The Balaban J connectivity index is 1.53. The highest BCUT2D eigenvalue weighted by Gasteiger charge is 2.80. The zero-order chi connectivity index (χ0) is 29.2. The molecule has 5 aromatic rings. The van der Waals surface area contributed by atoms with Crippen molar-refractivity contribution in [3.8, 4) is 0 Å². The zero-order valence-electron chi connectivity index (χ0n) is 23.1. The van der Waals surface area contributed by atoms with E-state index in [0.717, 1.165) is 43.8 Å². The summed E-state index contributed by atoms with van der Waals surface area (Å²) in [6.07, 6.45) is 0.476. The molecular weight excluding hydrogens is 538 g/mol. The highest BCUT2D eigenvalue weighted by atomic mass is 16.5. The van der Waals surface area contributed by atoms with Crippen LogP contribution >= 0.6 is 0 Å². The van der Waals surface area contributed by atoms with Gasteiger partial charge in [0.2, 0.25) is 0 Å². The fourth-order valence-corrected chi connectivity index (χ4v) is 10.5. The summed E-state index contributed by atoms with van der Waals surface area (Å²) in [5.74, 6) is -5.97. The Morgan fingerprint density at radius 3 is 1.30 bits per heavy atom. The summed E-state index contributed by atoms with van der Waals surface area (Å²) in [6.45, 7) is 0. The SMILES string of the molecule is O=C(O)[C@H]1C2CC(C3C2[C@]2(c4ccccc4)c4c(c5ccccc5c5ccccc45)[C@@]3(c3ccccc3)N2[O-])[C@@H]1C(=O)O. The van der Waals surface area contributed by atoms with E-state index < -0.39 is 46.7 Å². The van der Waals surface area contributed by atoms with Crippen molar-refractivity contribution in [3.63, 3.8) is 0 Å². The monoisotopic (exact) mass is 566 g/mol. The summed E-state index contributed by atoms with van der Waals surface area (Å²) in [7, 11) is 0. The summed E-state index contributed by atoms with van der Waals surface area (Å²) in [5, 5.41) is 42.2. The molecule has 2 aliphatic carbocycles. The molecule has 4 bridgehead atoms. The summed E-state index contributed by atoms with van der Waals surface area (Å²) in [6, 6.07) is 36.1. The van der Waals surface area contributed by atoms with E-state index in [1.807, 2.05) is 84.9 Å². The number of benzene rings is 5. The van der Waals surface area contributed by atoms with Crippen molar-refractivity contribution in [1.82, 2.24) is 5.06 Å². The largest absolute Gasteiger partial charge is 0.783 e. The van der Waals surface area contributed by atoms with Gasteiger partial charge in [0.1, 0.15) is 0 Å². The first-order valence-electron chi connectivity index (χ1n) is 14.9. The molecule has 6 heteroatoms. The molecule has 0 spiro atoms. The van der Waals surface area contributed by atoms with Crippen molar-refractivity contribution in [1.29, 1.82) is 0 Å². The molecule has 3 fully saturated rings. The molecule has 2 heterocycles. The van der Waals surface area contributed by atoms with Crippen molar-refractivity contribution < 1.29 is 19.8 Å². The molecule has 1 saturated heterocycles. The van der Waals surface area contributed by atoms with Gasteiger partial charge in [-0.05, 0) is 73.9 Å². The van der Waals surface area contributed by atoms with E-state index in [1.54, 1.807) is 0 Å². The second kappa shape index (κ2) is 8.31. The van der Waals surface area contributed by atoms with Crippen LogP contribution in [-0.2, 0) is 20.7 Å². The quantitative estimate of drug-likeness (QED) is 0.238. The lowest BCUT2D eigenvalue weighted by molar-refractivity contribution is -0.159. The first kappa shape index (κ1) is 25.0. The van der Waals surface area contributed by atoms with Crippen molar-refractivity contribution >= 4 is 33.5 Å². The molecule has 8 atom stereocenters. The Hall–Kier alpha value is -4.52. The minimum atomic E-state index is -1.20. The predicted octanol–water partition coefficient (Wildman–Crippen LogP) is 6.59. The lowest BCUT2D eigenvalue weighted by Crippen LogP contribution is -2.51. The van der Waals surface area contributed by atoms with Crippen molar-refractivity contribution in [2.24, 2.45) is 35.5 Å². The lowest BCUT2D eigenvalue weighted by Gasteiger charge is -2.49. The molecular formula is C37H28NO5-. The summed E-state index contributed by atoms with van der Waals surface area (Å²) < 4.78 is 0. The van der Waals surface area contributed by atoms with Gasteiger partial charge in [0, 0.05) is 0 Å². The number of fused-ring (bicyclic) bond motifs is 17. The molecule has 9 rings (SSSR count). The van der Waals surface area contributed by atoms with Gasteiger partial charge in [-0.2, -0.15) is 0 Å². The summed E-state index contributed by atoms with van der Waals surface area (Å²) >= 11 is 0. The molecule has 212 valence electrons. The van der Waals surface area contributed by atoms with Crippen LogP contribution in [0.25, 0.3) is 21.5 Å². The maximum absolute atomic E-state index is 15.9. The first-order valence-corrected chi connectivity index (χ1v) is 14.9. The maximum atomic E-state index is 15.9. The van der Waals surface area contributed by atoms with E-state index in [4.69, 9.17) is 0 Å². The number of carboxylic acid groups (broad SMARTS) is 2. The highest BCUT2D eigenvalue weighted by molar-refractivity contribution is 6.13. The van der Waals surface area contributed by atoms with Crippen LogP contribution in [0.2, 0.25) is 0 Å². The molecule has 5 aromatic carbocycles. The first-order chi connectivity index (χ1) is 20.9. The molecule has 2 aliphatic heterocycles. The van der Waals surface area contributed by atoms with Gasteiger partial charge in [-0.25, -0.2) is 0 Å². The number of nitrogens with zero attached hydrogens (tertiary/aromatic N) is 1. The molecule has 0 amide bonds. The van der Waals surface area contributed by atoms with Gasteiger partial charge >= 0.3 is 11.9 Å². The van der Waals surface area contributed by atoms with Crippen LogP contribution in [0.1, 0.15) is 28.7 Å². The minimum absolute atomic E-state index is 0.383. The number of hydroxylamine groups is 2. The van der Waals surface area contributed by atoms with Crippen LogP contribution in [0.4, 0.5) is 0 Å². The highest BCUT2D eigenvalue weighted by Crippen LogP contribution is 2.80. The third kappa shape index (κ3) is 2.65. The molecule has 2 N–H and O–H groups in total. The fraction of sp³-hybridized carbons (Fsp3) is 0.243. The number of hydrogen-bond donors (Lipinski definition) is 2. The standard InChI is InChI=1S/C37H28NO5/c39-34(40)28-26-19-27(29(28)35(41)42)33-32(26)36(20-11-3-1-4-12-20)30-24-17-9-7-15-22(24)23-16-8-10-18-25(23)31(30)37(33,38(36)43)21-13-5-2-6-14-21/h1-18,26-29,32-33H,19H2,(H,39,40)(H,41,42)/q-1/t26?,27?,28-,29-,32?,33?,36-,37+/m0/s1. The van der Waals surface area contributed by atoms with Crippen LogP contribution in [-0.4, -0.2) is 27.2 Å². The van der Waals surface area contributed by atoms with E-state index in [1.165, 1.54) is 5.06 Å². The van der Waals surface area contributed by atoms with Gasteiger partial charge in [0.05, 0.1) is 22.9 Å². The zero-order valence-corrected chi connectivity index (χ0v) is 23.1. The number of carboxylic acids is 2. The van der Waals surface area contributed by atoms with Crippen LogP contribution in [0.15, 0.2) is 109 Å². The number of rotatable bonds is 4. The fourth-order valence-electron chi connectivity index (χ4n) is 10.5. The van der Waals surface area contributed by atoms with E-state index in [9.17, 15) is 19.8 Å². The van der Waals surface area contributed by atoms with Crippen LogP contribution in [0, 0.1) is 40.7 Å². The Morgan fingerprint density at radius 2 is 0.930 bits per heavy atom. The van der Waals surface area contributed by atoms with E-state index in [2.05, 4.69) is 24.3 Å². The van der Waals surface area contributed by atoms with Gasteiger partial charge in [-0.1, -0.05) is 109 Å². The van der Waals surface area contributed by atoms with E-state index in [0.29, 0.717) is 6.42 Å². The topological polar surface area (TPSA) is 101 Å². The Labute approximate surface area is 247 Å². The van der Waals surface area contributed by atoms with E-state index >= 15 is 5.21 Å². The number of aliphatic carboxylic acids is 2. The van der Waals surface area contributed by atoms with Crippen LogP contribution in [0.5, 0.6) is 0 Å². The van der Waals surface area contributed by atoms with Crippen LogP contribution in [0.3, 0.4) is 0 Å². The third-order valence-electron chi connectivity index (χ3n) is 11.5. The summed E-state index contributed by atoms with van der Waals surface area (Å²) in [5.41, 5.74) is 1.16. The van der Waals surface area contributed by atoms with Crippen molar-refractivity contribution in [3.05, 3.63) is 137 Å². The Kier molecular flexibility index (Phi) is 4.83. The van der Waals surface area contributed by atoms with Crippen LogP contribution < -0.4 is 0 Å². The Bertz CT molecular complexity index is 1850. The molecule has 6 nitrogen and oxygen atoms in total. The van der Waals surface area contributed by atoms with Crippen molar-refractivity contribution in [2.45, 2.75) is 17.5 Å². The molecule has 2 saturated carbocycles. The summed E-state index contributed by atoms with van der Waals surface area (Å²) in [4.78, 5) is 25.7.